The summed E-state index contributed by atoms with van der Waals surface area (Å²) >= 11 is 0. The van der Waals surface area contributed by atoms with Gasteiger partial charge in [-0.3, -0.25) is 4.98 Å². The van der Waals surface area contributed by atoms with Crippen molar-refractivity contribution in [1.82, 2.24) is 4.98 Å². The van der Waals surface area contributed by atoms with Crippen LogP contribution in [0.2, 0.25) is 0 Å². The lowest BCUT2D eigenvalue weighted by atomic mass is 9.87. The number of benzene rings is 1. The maximum absolute atomic E-state index is 14.1. The van der Waals surface area contributed by atoms with Crippen LogP contribution in [0.15, 0.2) is 36.5 Å². The van der Waals surface area contributed by atoms with E-state index in [1.807, 2.05) is 12.1 Å². The zero-order valence-electron chi connectivity index (χ0n) is 12.4. The Balaban J connectivity index is 2.52. The van der Waals surface area contributed by atoms with E-state index in [1.54, 1.807) is 25.4 Å². The normalized spacial score (nSPS) is 11.4. The number of rotatable bonds is 3. The molecule has 0 aliphatic rings. The van der Waals surface area contributed by atoms with Gasteiger partial charge in [0, 0.05) is 23.0 Å². The number of nitrogens with zero attached hydrogens (tertiary/aromatic N) is 1. The quantitative estimate of drug-likeness (QED) is 0.822. The highest BCUT2D eigenvalue weighted by molar-refractivity contribution is 5.68. The zero-order valence-corrected chi connectivity index (χ0v) is 12.4. The van der Waals surface area contributed by atoms with Crippen molar-refractivity contribution >= 4 is 0 Å². The molecule has 0 saturated heterocycles. The Morgan fingerprint density at radius 3 is 2.55 bits per heavy atom. The van der Waals surface area contributed by atoms with Crippen LogP contribution in [0.5, 0.6) is 5.75 Å². The number of hydrogen-bond donors (Lipinski definition) is 0. The Kier molecular flexibility index (Phi) is 4.07. The summed E-state index contributed by atoms with van der Waals surface area (Å²) in [6.07, 6.45) is 2.54. The van der Waals surface area contributed by atoms with Gasteiger partial charge in [0.15, 0.2) is 0 Å². The van der Waals surface area contributed by atoms with E-state index in [9.17, 15) is 4.39 Å². The van der Waals surface area contributed by atoms with Gasteiger partial charge in [0.05, 0.1) is 7.11 Å². The molecule has 2 nitrogen and oxygen atoms in total. The first-order chi connectivity index (χ1) is 9.40. The van der Waals surface area contributed by atoms with Crippen molar-refractivity contribution in [3.8, 4) is 16.9 Å². The number of methoxy groups -OCH3 is 1. The molecule has 0 atom stereocenters. The van der Waals surface area contributed by atoms with Gasteiger partial charge in [0.25, 0.3) is 0 Å². The summed E-state index contributed by atoms with van der Waals surface area (Å²) in [4.78, 5) is 4.43. The van der Waals surface area contributed by atoms with Crippen LogP contribution in [-0.4, -0.2) is 12.1 Å². The summed E-state index contributed by atoms with van der Waals surface area (Å²) < 4.78 is 19.3. The molecule has 0 N–H and O–H groups in total. The summed E-state index contributed by atoms with van der Waals surface area (Å²) in [6.45, 7) is 6.44. The van der Waals surface area contributed by atoms with E-state index in [2.05, 4.69) is 25.8 Å². The topological polar surface area (TPSA) is 22.1 Å². The van der Waals surface area contributed by atoms with Crippen LogP contribution in [0.25, 0.3) is 11.1 Å². The lowest BCUT2D eigenvalue weighted by Gasteiger charge is -2.20. The maximum atomic E-state index is 14.1. The van der Waals surface area contributed by atoms with Crippen molar-refractivity contribution in [2.45, 2.75) is 27.2 Å². The molecule has 20 heavy (non-hydrogen) atoms. The minimum Gasteiger partial charge on any atom is -0.497 e. The highest BCUT2D eigenvalue weighted by Crippen LogP contribution is 2.31. The molecule has 2 rings (SSSR count). The van der Waals surface area contributed by atoms with Crippen molar-refractivity contribution in [2.75, 3.05) is 7.11 Å². The van der Waals surface area contributed by atoms with Crippen molar-refractivity contribution < 1.29 is 9.13 Å². The van der Waals surface area contributed by atoms with Gasteiger partial charge in [-0.15, -0.1) is 0 Å². The molecule has 1 aromatic heterocycles. The molecule has 106 valence electrons. The monoisotopic (exact) mass is 273 g/mol. The first-order valence-corrected chi connectivity index (χ1v) is 6.68. The van der Waals surface area contributed by atoms with Gasteiger partial charge in [-0.25, -0.2) is 4.39 Å². The van der Waals surface area contributed by atoms with Crippen LogP contribution in [0, 0.1) is 11.2 Å². The predicted octanol–water partition coefficient (Wildman–Crippen LogP) is 4.48. The smallest absolute Gasteiger partial charge is 0.131 e. The standard InChI is InChI=1S/C17H20FNO/c1-17(2,3)11-16-13(6-5-9-19-16)14-10-12(20-4)7-8-15(14)18/h5-10H,11H2,1-4H3. The third-order valence-corrected chi connectivity index (χ3v) is 3.05. The van der Waals surface area contributed by atoms with Crippen molar-refractivity contribution in [3.05, 3.63) is 48.0 Å². The molecular formula is C17H20FNO. The van der Waals surface area contributed by atoms with Crippen LogP contribution in [0.1, 0.15) is 26.5 Å². The first kappa shape index (κ1) is 14.5. The molecule has 0 spiro atoms. The molecule has 1 aromatic carbocycles. The van der Waals surface area contributed by atoms with E-state index in [4.69, 9.17) is 4.74 Å². The molecule has 0 radical (unpaired) electrons. The highest BCUT2D eigenvalue weighted by Gasteiger charge is 2.17. The molecule has 0 bridgehead atoms. The molecular weight excluding hydrogens is 253 g/mol. The molecule has 2 aromatic rings. The number of halogens is 1. The number of hydrogen-bond acceptors (Lipinski definition) is 2. The third kappa shape index (κ3) is 3.35. The van der Waals surface area contributed by atoms with E-state index >= 15 is 0 Å². The average molecular weight is 273 g/mol. The van der Waals surface area contributed by atoms with Crippen molar-refractivity contribution in [2.24, 2.45) is 5.41 Å². The van der Waals surface area contributed by atoms with Crippen LogP contribution in [0.4, 0.5) is 4.39 Å². The van der Waals surface area contributed by atoms with E-state index < -0.39 is 0 Å². The maximum Gasteiger partial charge on any atom is 0.131 e. The number of pyridine rings is 1. The minimum absolute atomic E-state index is 0.0957. The summed E-state index contributed by atoms with van der Waals surface area (Å²) in [7, 11) is 1.58. The summed E-state index contributed by atoms with van der Waals surface area (Å²) in [5.41, 5.74) is 2.38. The predicted molar refractivity (Wildman–Crippen MR) is 79.3 cm³/mol. The van der Waals surface area contributed by atoms with E-state index in [-0.39, 0.29) is 11.2 Å². The fourth-order valence-corrected chi connectivity index (χ4v) is 2.16. The molecule has 3 heteroatoms. The Morgan fingerprint density at radius 2 is 1.90 bits per heavy atom. The molecule has 0 amide bonds. The Morgan fingerprint density at radius 1 is 1.15 bits per heavy atom. The third-order valence-electron chi connectivity index (χ3n) is 3.05. The fourth-order valence-electron chi connectivity index (χ4n) is 2.16. The summed E-state index contributed by atoms with van der Waals surface area (Å²) in [5.74, 6) is 0.390. The largest absolute Gasteiger partial charge is 0.497 e. The van der Waals surface area contributed by atoms with Crippen LogP contribution in [-0.2, 0) is 6.42 Å². The Labute approximate surface area is 119 Å². The zero-order chi connectivity index (χ0) is 14.8. The van der Waals surface area contributed by atoms with Gasteiger partial charge in [-0.1, -0.05) is 26.8 Å². The Hall–Kier alpha value is -1.90. The lowest BCUT2D eigenvalue weighted by molar-refractivity contribution is 0.406. The second kappa shape index (κ2) is 5.61. The van der Waals surface area contributed by atoms with Crippen molar-refractivity contribution in [1.29, 1.82) is 0 Å². The van der Waals surface area contributed by atoms with Crippen molar-refractivity contribution in [3.63, 3.8) is 0 Å². The number of aromatic nitrogens is 1. The summed E-state index contributed by atoms with van der Waals surface area (Å²) in [5, 5.41) is 0. The summed E-state index contributed by atoms with van der Waals surface area (Å²) in [6, 6.07) is 8.52. The fraction of sp³-hybridized carbons (Fsp3) is 0.353. The van der Waals surface area contributed by atoms with Gasteiger partial charge in [0.1, 0.15) is 11.6 Å². The minimum atomic E-state index is -0.256. The molecule has 1 heterocycles. The second-order valence-corrected chi connectivity index (χ2v) is 6.08. The highest BCUT2D eigenvalue weighted by atomic mass is 19.1. The van der Waals surface area contributed by atoms with Gasteiger partial charge >= 0.3 is 0 Å². The molecule has 0 unspecified atom stereocenters. The van der Waals surface area contributed by atoms with Gasteiger partial charge in [-0.2, -0.15) is 0 Å². The van der Waals surface area contributed by atoms with Crippen LogP contribution < -0.4 is 4.74 Å². The van der Waals surface area contributed by atoms with Gasteiger partial charge in [-0.05, 0) is 36.1 Å². The SMILES string of the molecule is COc1ccc(F)c(-c2cccnc2CC(C)(C)C)c1. The van der Waals surface area contributed by atoms with E-state index in [0.717, 1.165) is 17.7 Å². The first-order valence-electron chi connectivity index (χ1n) is 6.68. The molecule has 0 aliphatic heterocycles. The van der Waals surface area contributed by atoms with Gasteiger partial charge < -0.3 is 4.74 Å². The molecule has 0 fully saturated rings. The molecule has 0 aliphatic carbocycles. The van der Waals surface area contributed by atoms with E-state index in [1.165, 1.54) is 6.07 Å². The Bertz CT molecular complexity index is 602. The molecule has 0 saturated carbocycles. The number of ether oxygens (including phenoxy) is 1. The van der Waals surface area contributed by atoms with Crippen LogP contribution in [0.3, 0.4) is 0 Å². The van der Waals surface area contributed by atoms with Gasteiger partial charge in [0.2, 0.25) is 0 Å². The average Bonchev–Trinajstić information content (AvgIpc) is 2.38. The lowest BCUT2D eigenvalue weighted by Crippen LogP contribution is -2.11. The van der Waals surface area contributed by atoms with E-state index in [0.29, 0.717) is 11.3 Å². The second-order valence-electron chi connectivity index (χ2n) is 6.08. The van der Waals surface area contributed by atoms with Crippen LogP contribution >= 0.6 is 0 Å².